The lowest BCUT2D eigenvalue weighted by Crippen LogP contribution is -2.27. The van der Waals surface area contributed by atoms with Crippen LogP contribution in [-0.4, -0.2) is 17.5 Å². The van der Waals surface area contributed by atoms with Gasteiger partial charge in [-0.25, -0.2) is 0 Å². The molecule has 2 atom stereocenters. The third-order valence-electron chi connectivity index (χ3n) is 3.25. The summed E-state index contributed by atoms with van der Waals surface area (Å²) in [7, 11) is 0. The van der Waals surface area contributed by atoms with E-state index < -0.39 is 0 Å². The van der Waals surface area contributed by atoms with Crippen molar-refractivity contribution in [1.29, 1.82) is 0 Å². The largest absolute Gasteiger partial charge is 0.309 e. The number of benzene rings is 1. The molecule has 0 spiro atoms. The molecule has 1 aromatic rings. The van der Waals surface area contributed by atoms with E-state index in [0.29, 0.717) is 6.04 Å². The van der Waals surface area contributed by atoms with Crippen LogP contribution in [-0.2, 0) is 6.42 Å². The summed E-state index contributed by atoms with van der Waals surface area (Å²) in [5.74, 6) is 2.05. The molecule has 0 aromatic heterocycles. The minimum atomic E-state index is 0.556. The second-order valence-electron chi connectivity index (χ2n) is 5.20. The van der Waals surface area contributed by atoms with Crippen molar-refractivity contribution in [2.75, 3.05) is 12.3 Å². The van der Waals surface area contributed by atoms with Crippen LogP contribution in [0.4, 0.5) is 0 Å². The van der Waals surface area contributed by atoms with Crippen LogP contribution in [0, 0.1) is 5.92 Å². The van der Waals surface area contributed by atoms with Gasteiger partial charge in [-0.2, -0.15) is 11.8 Å². The average molecular weight is 249 g/mol. The summed E-state index contributed by atoms with van der Waals surface area (Å²) >= 11 is 2.13. The molecule has 0 saturated carbocycles. The van der Waals surface area contributed by atoms with E-state index in [4.69, 9.17) is 0 Å². The third-order valence-corrected chi connectivity index (χ3v) is 4.98. The van der Waals surface area contributed by atoms with Gasteiger partial charge in [0, 0.05) is 11.3 Å². The predicted molar refractivity (Wildman–Crippen MR) is 77.6 cm³/mol. The Kier molecular flexibility index (Phi) is 4.52. The van der Waals surface area contributed by atoms with Gasteiger partial charge in [0.1, 0.15) is 0 Å². The molecule has 1 aliphatic carbocycles. The van der Waals surface area contributed by atoms with E-state index in [1.807, 2.05) is 0 Å². The van der Waals surface area contributed by atoms with Crippen molar-refractivity contribution in [3.63, 3.8) is 0 Å². The quantitative estimate of drug-likeness (QED) is 0.855. The summed E-state index contributed by atoms with van der Waals surface area (Å²) in [6, 6.07) is 9.46. The van der Waals surface area contributed by atoms with E-state index in [1.54, 1.807) is 5.56 Å². The maximum absolute atomic E-state index is 3.65. The second kappa shape index (κ2) is 5.92. The Morgan fingerprint density at radius 1 is 1.35 bits per heavy atom. The summed E-state index contributed by atoms with van der Waals surface area (Å²) in [4.78, 5) is 0. The zero-order chi connectivity index (χ0) is 12.3. The van der Waals surface area contributed by atoms with E-state index in [-0.39, 0.29) is 0 Å². The van der Waals surface area contributed by atoms with Gasteiger partial charge in [-0.05, 0) is 35.8 Å². The molecule has 1 N–H and O–H groups in total. The molecule has 2 unspecified atom stereocenters. The van der Waals surface area contributed by atoms with Crippen LogP contribution in [0.5, 0.6) is 0 Å². The normalized spacial score (nSPS) is 23.1. The van der Waals surface area contributed by atoms with Gasteiger partial charge in [0.25, 0.3) is 0 Å². The van der Waals surface area contributed by atoms with Crippen LogP contribution < -0.4 is 5.32 Å². The number of thioether (sulfide) groups is 1. The number of hydrogen-bond acceptors (Lipinski definition) is 2. The average Bonchev–Trinajstić information content (AvgIpc) is 2.66. The number of hydrogen-bond donors (Lipinski definition) is 1. The van der Waals surface area contributed by atoms with Gasteiger partial charge in [0.05, 0.1) is 0 Å². The molecule has 17 heavy (non-hydrogen) atoms. The molecule has 0 bridgehead atoms. The molecular weight excluding hydrogens is 226 g/mol. The molecule has 94 valence electrons. The smallest absolute Gasteiger partial charge is 0.0446 e. The number of nitrogens with one attached hydrogen (secondary N) is 1. The highest BCUT2D eigenvalue weighted by Gasteiger charge is 2.31. The topological polar surface area (TPSA) is 12.0 Å². The van der Waals surface area contributed by atoms with Crippen molar-refractivity contribution in [3.05, 3.63) is 35.4 Å². The zero-order valence-electron chi connectivity index (χ0n) is 11.1. The number of rotatable bonds is 5. The lowest BCUT2D eigenvalue weighted by atomic mass is 10.1. The van der Waals surface area contributed by atoms with Gasteiger partial charge in [0.2, 0.25) is 0 Å². The summed E-state index contributed by atoms with van der Waals surface area (Å²) in [5.41, 5.74) is 3.07. The van der Waals surface area contributed by atoms with Crippen LogP contribution >= 0.6 is 11.8 Å². The summed E-state index contributed by atoms with van der Waals surface area (Å²) in [6.45, 7) is 7.86. The Morgan fingerprint density at radius 2 is 2.12 bits per heavy atom. The van der Waals surface area contributed by atoms with E-state index >= 15 is 0 Å². The molecule has 1 aliphatic rings. The molecule has 2 heteroatoms. The maximum Gasteiger partial charge on any atom is 0.0446 e. The fourth-order valence-corrected chi connectivity index (χ4v) is 3.86. The first kappa shape index (κ1) is 13.0. The van der Waals surface area contributed by atoms with Crippen LogP contribution in [0.15, 0.2) is 24.3 Å². The zero-order valence-corrected chi connectivity index (χ0v) is 11.9. The highest BCUT2D eigenvalue weighted by molar-refractivity contribution is 7.99. The van der Waals surface area contributed by atoms with Gasteiger partial charge < -0.3 is 5.32 Å². The first-order valence-electron chi connectivity index (χ1n) is 6.65. The van der Waals surface area contributed by atoms with Crippen molar-refractivity contribution < 1.29 is 0 Å². The van der Waals surface area contributed by atoms with Crippen molar-refractivity contribution in [1.82, 2.24) is 5.32 Å². The highest BCUT2D eigenvalue weighted by atomic mass is 32.2. The number of fused-ring (bicyclic) bond motifs is 1. The summed E-state index contributed by atoms with van der Waals surface area (Å²) in [6.07, 6.45) is 1.23. The highest BCUT2D eigenvalue weighted by Crippen LogP contribution is 2.38. The standard InChI is InChI=1S/C15H23NS/c1-4-16-15-13-8-6-5-7-12(13)9-14(15)17-10-11(2)3/h5-8,11,14-16H,4,9-10H2,1-3H3. The molecule has 0 aliphatic heterocycles. The Hall–Kier alpha value is -0.470. The molecule has 0 heterocycles. The predicted octanol–water partition coefficient (Wildman–Crippen LogP) is 3.65. The SMILES string of the molecule is CCNC1c2ccccc2CC1SCC(C)C. The monoisotopic (exact) mass is 249 g/mol. The van der Waals surface area contributed by atoms with E-state index in [1.165, 1.54) is 17.7 Å². The molecule has 1 aromatic carbocycles. The first-order valence-corrected chi connectivity index (χ1v) is 7.70. The van der Waals surface area contributed by atoms with E-state index in [9.17, 15) is 0 Å². The molecule has 0 fully saturated rings. The van der Waals surface area contributed by atoms with Gasteiger partial charge in [-0.15, -0.1) is 0 Å². The second-order valence-corrected chi connectivity index (χ2v) is 6.48. The van der Waals surface area contributed by atoms with Crippen molar-refractivity contribution in [3.8, 4) is 0 Å². The third kappa shape index (κ3) is 3.05. The maximum atomic E-state index is 3.65. The van der Waals surface area contributed by atoms with Crippen molar-refractivity contribution >= 4 is 11.8 Å². The molecule has 0 saturated heterocycles. The van der Waals surface area contributed by atoms with Gasteiger partial charge in [-0.1, -0.05) is 45.0 Å². The molecular formula is C15H23NS. The molecule has 0 radical (unpaired) electrons. The fraction of sp³-hybridized carbons (Fsp3) is 0.600. The lowest BCUT2D eigenvalue weighted by Gasteiger charge is -2.21. The van der Waals surface area contributed by atoms with Crippen LogP contribution in [0.3, 0.4) is 0 Å². The fourth-order valence-electron chi connectivity index (χ4n) is 2.49. The summed E-state index contributed by atoms with van der Waals surface area (Å²) in [5, 5.41) is 4.37. The van der Waals surface area contributed by atoms with E-state index in [0.717, 1.165) is 17.7 Å². The lowest BCUT2D eigenvalue weighted by molar-refractivity contribution is 0.559. The Balaban J connectivity index is 2.09. The van der Waals surface area contributed by atoms with E-state index in [2.05, 4.69) is 62.1 Å². The van der Waals surface area contributed by atoms with Gasteiger partial charge in [-0.3, -0.25) is 0 Å². The minimum absolute atomic E-state index is 0.556. The van der Waals surface area contributed by atoms with Crippen LogP contribution in [0.1, 0.15) is 37.9 Å². The molecule has 2 rings (SSSR count). The van der Waals surface area contributed by atoms with Crippen molar-refractivity contribution in [2.24, 2.45) is 5.92 Å². The van der Waals surface area contributed by atoms with Crippen molar-refractivity contribution in [2.45, 2.75) is 38.5 Å². The first-order chi connectivity index (χ1) is 8.22. The summed E-state index contributed by atoms with van der Waals surface area (Å²) < 4.78 is 0. The van der Waals surface area contributed by atoms with Gasteiger partial charge in [0.15, 0.2) is 0 Å². The van der Waals surface area contributed by atoms with Crippen LogP contribution in [0.25, 0.3) is 0 Å². The Morgan fingerprint density at radius 3 is 2.82 bits per heavy atom. The molecule has 0 amide bonds. The van der Waals surface area contributed by atoms with Gasteiger partial charge >= 0.3 is 0 Å². The Bertz CT molecular complexity index is 362. The van der Waals surface area contributed by atoms with Crippen LogP contribution in [0.2, 0.25) is 0 Å². The Labute approximate surface area is 109 Å². The molecule has 1 nitrogen and oxygen atoms in total. The minimum Gasteiger partial charge on any atom is -0.309 e.